The average molecular weight is 431 g/mol. The van der Waals surface area contributed by atoms with Crippen molar-refractivity contribution in [3.63, 3.8) is 0 Å². The fourth-order valence-corrected chi connectivity index (χ4v) is 4.62. The summed E-state index contributed by atoms with van der Waals surface area (Å²) >= 11 is 1.39. The first-order valence-electron chi connectivity index (χ1n) is 9.78. The zero-order valence-corrected chi connectivity index (χ0v) is 17.4. The van der Waals surface area contributed by atoms with Crippen LogP contribution in [0.4, 0.5) is 9.18 Å². The number of aromatic nitrogens is 1. The highest BCUT2D eigenvalue weighted by Crippen LogP contribution is 2.32. The van der Waals surface area contributed by atoms with Gasteiger partial charge in [-0.1, -0.05) is 36.4 Å². The number of urea groups is 1. The van der Waals surface area contributed by atoms with E-state index < -0.39 is 11.6 Å². The van der Waals surface area contributed by atoms with E-state index in [0.717, 1.165) is 21.9 Å². The highest BCUT2D eigenvalue weighted by atomic mass is 32.1. The van der Waals surface area contributed by atoms with Crippen LogP contribution in [-0.2, 0) is 16.9 Å². The molecule has 31 heavy (non-hydrogen) atoms. The van der Waals surface area contributed by atoms with Crippen molar-refractivity contribution in [1.29, 1.82) is 0 Å². The van der Waals surface area contributed by atoms with Crippen LogP contribution in [0, 0.1) is 5.82 Å². The number of carbonyl (C=O) groups is 2. The van der Waals surface area contributed by atoms with E-state index in [1.807, 2.05) is 47.8 Å². The van der Waals surface area contributed by atoms with E-state index in [0.29, 0.717) is 10.7 Å². The van der Waals surface area contributed by atoms with Gasteiger partial charge < -0.3 is 5.32 Å². The fourth-order valence-electron chi connectivity index (χ4n) is 3.80. The Balaban J connectivity index is 1.40. The van der Waals surface area contributed by atoms with Gasteiger partial charge in [0.1, 0.15) is 16.4 Å². The average Bonchev–Trinajstić information content (AvgIpc) is 3.33. The molecule has 4 aromatic rings. The Morgan fingerprint density at radius 3 is 2.55 bits per heavy atom. The molecule has 0 spiro atoms. The molecular weight excluding hydrogens is 413 g/mol. The van der Waals surface area contributed by atoms with Crippen LogP contribution < -0.4 is 5.32 Å². The van der Waals surface area contributed by atoms with Crippen molar-refractivity contribution in [2.24, 2.45) is 0 Å². The van der Waals surface area contributed by atoms with Crippen molar-refractivity contribution >= 4 is 34.0 Å². The Kier molecular flexibility index (Phi) is 4.55. The number of rotatable bonds is 4. The lowest BCUT2D eigenvalue weighted by molar-refractivity contribution is -0.131. The molecule has 3 aromatic carbocycles. The molecule has 5 nitrogen and oxygen atoms in total. The van der Waals surface area contributed by atoms with E-state index in [9.17, 15) is 14.0 Å². The number of halogens is 1. The van der Waals surface area contributed by atoms with Gasteiger partial charge in [-0.2, -0.15) is 0 Å². The first kappa shape index (κ1) is 19.4. The van der Waals surface area contributed by atoms with Crippen molar-refractivity contribution in [3.05, 3.63) is 89.2 Å². The monoisotopic (exact) mass is 431 g/mol. The quantitative estimate of drug-likeness (QED) is 0.459. The standard InChI is InChI=1S/C24H18FN3O2S/c1-24(18-9-6-15-4-2-3-5-17(15)12-18)22(29)28(23(30)27-24)13-20-14-31-21(26-20)16-7-10-19(25)11-8-16/h2-12,14H,13H2,1H3,(H,27,30). The number of hydrogen-bond acceptors (Lipinski definition) is 4. The summed E-state index contributed by atoms with van der Waals surface area (Å²) in [6.45, 7) is 1.80. The molecule has 1 N–H and O–H groups in total. The van der Waals surface area contributed by atoms with Crippen molar-refractivity contribution in [2.75, 3.05) is 0 Å². The Bertz CT molecular complexity index is 1320. The molecule has 3 amide bonds. The minimum atomic E-state index is -1.14. The molecule has 154 valence electrons. The molecule has 5 rings (SSSR count). The maximum atomic E-state index is 13.3. The van der Waals surface area contributed by atoms with Gasteiger partial charge in [-0.15, -0.1) is 11.3 Å². The van der Waals surface area contributed by atoms with Crippen molar-refractivity contribution in [3.8, 4) is 10.6 Å². The van der Waals surface area contributed by atoms with Crippen molar-refractivity contribution < 1.29 is 14.0 Å². The van der Waals surface area contributed by atoms with Crippen LogP contribution in [-0.4, -0.2) is 21.8 Å². The summed E-state index contributed by atoms with van der Waals surface area (Å²) in [6, 6.07) is 19.3. The zero-order valence-electron chi connectivity index (χ0n) is 16.6. The van der Waals surface area contributed by atoms with Crippen molar-refractivity contribution in [2.45, 2.75) is 19.0 Å². The SMILES string of the molecule is CC1(c2ccc3ccccc3c2)NC(=O)N(Cc2csc(-c3ccc(F)cc3)n2)C1=O. The Morgan fingerprint density at radius 2 is 1.77 bits per heavy atom. The lowest BCUT2D eigenvalue weighted by Gasteiger charge is -2.22. The van der Waals surface area contributed by atoms with Gasteiger partial charge in [0, 0.05) is 10.9 Å². The highest BCUT2D eigenvalue weighted by Gasteiger charge is 2.49. The van der Waals surface area contributed by atoms with E-state index in [1.165, 1.54) is 28.4 Å². The maximum absolute atomic E-state index is 13.3. The molecule has 1 aliphatic heterocycles. The Morgan fingerprint density at radius 1 is 1.03 bits per heavy atom. The van der Waals surface area contributed by atoms with E-state index in [1.54, 1.807) is 19.1 Å². The number of nitrogens with one attached hydrogen (secondary N) is 1. The van der Waals surface area contributed by atoms with Crippen LogP contribution in [0.1, 0.15) is 18.2 Å². The second kappa shape index (κ2) is 7.28. The molecule has 0 aliphatic carbocycles. The number of imide groups is 1. The minimum absolute atomic E-state index is 0.0749. The van der Waals surface area contributed by atoms with Crippen LogP contribution in [0.2, 0.25) is 0 Å². The molecule has 1 unspecified atom stereocenters. The molecule has 0 bridgehead atoms. The minimum Gasteiger partial charge on any atom is -0.319 e. The van der Waals surface area contributed by atoms with Gasteiger partial charge in [0.05, 0.1) is 12.2 Å². The topological polar surface area (TPSA) is 62.3 Å². The molecule has 1 aromatic heterocycles. The number of nitrogens with zero attached hydrogens (tertiary/aromatic N) is 2. The van der Waals surface area contributed by atoms with Crippen LogP contribution in [0.25, 0.3) is 21.3 Å². The van der Waals surface area contributed by atoms with Crippen LogP contribution in [0.3, 0.4) is 0 Å². The van der Waals surface area contributed by atoms with Gasteiger partial charge in [0.2, 0.25) is 0 Å². The largest absolute Gasteiger partial charge is 0.325 e. The van der Waals surface area contributed by atoms with Crippen LogP contribution >= 0.6 is 11.3 Å². The van der Waals surface area contributed by atoms with Gasteiger partial charge in [-0.3, -0.25) is 9.69 Å². The number of amides is 3. The van der Waals surface area contributed by atoms with Gasteiger partial charge in [0.15, 0.2) is 0 Å². The normalized spacial score (nSPS) is 18.6. The molecule has 0 radical (unpaired) electrons. The third-order valence-corrected chi connectivity index (χ3v) is 6.50. The summed E-state index contributed by atoms with van der Waals surface area (Å²) < 4.78 is 13.2. The van der Waals surface area contributed by atoms with E-state index in [-0.39, 0.29) is 18.3 Å². The maximum Gasteiger partial charge on any atom is 0.325 e. The summed E-state index contributed by atoms with van der Waals surface area (Å²) in [5.41, 5.74) is 0.987. The van der Waals surface area contributed by atoms with E-state index in [4.69, 9.17) is 0 Å². The number of carbonyl (C=O) groups excluding carboxylic acids is 2. The summed E-state index contributed by atoms with van der Waals surface area (Å²) in [7, 11) is 0. The molecule has 1 fully saturated rings. The number of thiazole rings is 1. The molecule has 2 heterocycles. The molecular formula is C24H18FN3O2S. The predicted octanol–water partition coefficient (Wildman–Crippen LogP) is 5.07. The summed E-state index contributed by atoms with van der Waals surface area (Å²) in [6.07, 6.45) is 0. The Labute approximate surface area is 182 Å². The Hall–Kier alpha value is -3.58. The number of fused-ring (bicyclic) bond motifs is 1. The molecule has 1 aliphatic rings. The molecule has 7 heteroatoms. The first-order valence-corrected chi connectivity index (χ1v) is 10.7. The fraction of sp³-hybridized carbons (Fsp3) is 0.125. The number of hydrogen-bond donors (Lipinski definition) is 1. The summed E-state index contributed by atoms with van der Waals surface area (Å²) in [5.74, 6) is -0.628. The van der Waals surface area contributed by atoms with E-state index in [2.05, 4.69) is 10.3 Å². The first-order chi connectivity index (χ1) is 14.9. The third kappa shape index (κ3) is 3.37. The molecule has 1 atom stereocenters. The van der Waals surface area contributed by atoms with Gasteiger partial charge in [0.25, 0.3) is 5.91 Å². The molecule has 0 saturated carbocycles. The zero-order chi connectivity index (χ0) is 21.6. The van der Waals surface area contributed by atoms with Gasteiger partial charge in [-0.05, 0) is 53.6 Å². The van der Waals surface area contributed by atoms with Crippen LogP contribution in [0.15, 0.2) is 72.1 Å². The lowest BCUT2D eigenvalue weighted by Crippen LogP contribution is -2.40. The predicted molar refractivity (Wildman–Crippen MR) is 118 cm³/mol. The second-order valence-electron chi connectivity index (χ2n) is 7.66. The van der Waals surface area contributed by atoms with Gasteiger partial charge >= 0.3 is 6.03 Å². The lowest BCUT2D eigenvalue weighted by atomic mass is 9.90. The summed E-state index contributed by atoms with van der Waals surface area (Å²) in [4.78, 5) is 31.7. The number of benzene rings is 3. The second-order valence-corrected chi connectivity index (χ2v) is 8.52. The summed E-state index contributed by atoms with van der Waals surface area (Å²) in [5, 5.41) is 7.44. The molecule has 1 saturated heterocycles. The highest BCUT2D eigenvalue weighted by molar-refractivity contribution is 7.13. The van der Waals surface area contributed by atoms with Gasteiger partial charge in [-0.25, -0.2) is 14.2 Å². The van der Waals surface area contributed by atoms with Crippen LogP contribution in [0.5, 0.6) is 0 Å². The third-order valence-electron chi connectivity index (χ3n) is 5.56. The van der Waals surface area contributed by atoms with Crippen molar-refractivity contribution in [1.82, 2.24) is 15.2 Å². The smallest absolute Gasteiger partial charge is 0.319 e. The van der Waals surface area contributed by atoms with E-state index >= 15 is 0 Å².